The Morgan fingerprint density at radius 3 is 3.00 bits per heavy atom. The van der Waals surface area contributed by atoms with Gasteiger partial charge in [0.15, 0.2) is 5.65 Å². The lowest BCUT2D eigenvalue weighted by Crippen LogP contribution is -2.33. The Kier molecular flexibility index (Phi) is 5.35. The van der Waals surface area contributed by atoms with Gasteiger partial charge in [-0.2, -0.15) is 0 Å². The lowest BCUT2D eigenvalue weighted by Gasteiger charge is -2.18. The summed E-state index contributed by atoms with van der Waals surface area (Å²) in [5.41, 5.74) is 3.78. The highest BCUT2D eigenvalue weighted by molar-refractivity contribution is 9.10. The first-order valence-corrected chi connectivity index (χ1v) is 10.5. The van der Waals surface area contributed by atoms with Gasteiger partial charge in [-0.15, -0.1) is 0 Å². The summed E-state index contributed by atoms with van der Waals surface area (Å²) in [4.78, 5) is 24.0. The molecule has 0 spiro atoms. The number of carbonyl (C=O) groups is 1. The number of hydrogen-bond donors (Lipinski definition) is 1. The second-order valence-electron chi connectivity index (χ2n) is 7.29. The highest BCUT2D eigenvalue weighted by Gasteiger charge is 2.31. The molecule has 0 aliphatic carbocycles. The summed E-state index contributed by atoms with van der Waals surface area (Å²) >= 11 is 3.49. The Morgan fingerprint density at radius 2 is 2.21 bits per heavy atom. The fourth-order valence-electron chi connectivity index (χ4n) is 3.81. The number of anilines is 1. The molecule has 4 rings (SSSR count). The number of pyridine rings is 1. The standard InChI is InChI=1S/C21H24BrN5O/c1-3-10-27-19(25-18-5-4-9-23-20(18)27)15-8-11-26(13-15)21(28)24-16-6-7-17(22)14(2)12-16/h4-7,9,12,15H,3,8,10-11,13H2,1-2H3,(H,24,28)/t15-/m1/s1. The van der Waals surface area contributed by atoms with E-state index in [9.17, 15) is 4.79 Å². The van der Waals surface area contributed by atoms with Gasteiger partial charge in [-0.1, -0.05) is 22.9 Å². The molecule has 1 aliphatic rings. The number of imidazole rings is 1. The van der Waals surface area contributed by atoms with E-state index in [2.05, 4.69) is 37.7 Å². The highest BCUT2D eigenvalue weighted by atomic mass is 79.9. The predicted octanol–water partition coefficient (Wildman–Crippen LogP) is 4.93. The molecule has 1 atom stereocenters. The summed E-state index contributed by atoms with van der Waals surface area (Å²) < 4.78 is 3.26. The average molecular weight is 442 g/mol. The van der Waals surface area contributed by atoms with Crippen LogP contribution in [0, 0.1) is 6.92 Å². The van der Waals surface area contributed by atoms with E-state index in [-0.39, 0.29) is 11.9 Å². The highest BCUT2D eigenvalue weighted by Crippen LogP contribution is 2.30. The zero-order valence-corrected chi connectivity index (χ0v) is 17.7. The van der Waals surface area contributed by atoms with Crippen LogP contribution < -0.4 is 5.32 Å². The summed E-state index contributed by atoms with van der Waals surface area (Å²) in [5, 5.41) is 3.02. The summed E-state index contributed by atoms with van der Waals surface area (Å²) in [6, 6.07) is 9.71. The van der Waals surface area contributed by atoms with Crippen LogP contribution in [-0.4, -0.2) is 38.6 Å². The minimum absolute atomic E-state index is 0.0551. The number of amides is 2. The number of nitrogens with one attached hydrogen (secondary N) is 1. The quantitative estimate of drug-likeness (QED) is 0.623. The Hall–Kier alpha value is -2.41. The normalized spacial score (nSPS) is 16.7. The SMILES string of the molecule is CCCn1c([C@@H]2CCN(C(=O)Nc3ccc(Br)c(C)c3)C2)nc2cccnc21. The van der Waals surface area contributed by atoms with E-state index in [0.717, 1.165) is 58.6 Å². The lowest BCUT2D eigenvalue weighted by atomic mass is 10.1. The topological polar surface area (TPSA) is 63.1 Å². The van der Waals surface area contributed by atoms with Gasteiger partial charge in [-0.25, -0.2) is 14.8 Å². The van der Waals surface area contributed by atoms with E-state index in [0.29, 0.717) is 6.54 Å². The molecule has 0 radical (unpaired) electrons. The smallest absolute Gasteiger partial charge is 0.321 e. The van der Waals surface area contributed by atoms with Crippen molar-refractivity contribution in [1.82, 2.24) is 19.4 Å². The third kappa shape index (κ3) is 3.63. The van der Waals surface area contributed by atoms with Crippen LogP contribution in [0.5, 0.6) is 0 Å². The molecule has 1 N–H and O–H groups in total. The van der Waals surface area contributed by atoms with Gasteiger partial charge in [0.1, 0.15) is 11.3 Å². The van der Waals surface area contributed by atoms with Crippen molar-refractivity contribution in [2.45, 2.75) is 39.2 Å². The number of fused-ring (bicyclic) bond motifs is 1. The van der Waals surface area contributed by atoms with Crippen molar-refractivity contribution >= 4 is 38.8 Å². The van der Waals surface area contributed by atoms with Gasteiger partial charge in [0, 0.05) is 41.9 Å². The van der Waals surface area contributed by atoms with Gasteiger partial charge in [0.05, 0.1) is 0 Å². The van der Waals surface area contributed by atoms with Crippen LogP contribution in [0.15, 0.2) is 41.0 Å². The molecule has 1 fully saturated rings. The number of carbonyl (C=O) groups excluding carboxylic acids is 1. The van der Waals surface area contributed by atoms with Crippen LogP contribution in [0.2, 0.25) is 0 Å². The second-order valence-corrected chi connectivity index (χ2v) is 8.15. The second kappa shape index (κ2) is 7.91. The number of nitrogens with zero attached hydrogens (tertiary/aromatic N) is 4. The summed E-state index contributed by atoms with van der Waals surface area (Å²) in [6.45, 7) is 6.47. The van der Waals surface area contributed by atoms with Crippen LogP contribution >= 0.6 is 15.9 Å². The van der Waals surface area contributed by atoms with E-state index in [4.69, 9.17) is 4.98 Å². The monoisotopic (exact) mass is 441 g/mol. The van der Waals surface area contributed by atoms with Gasteiger partial charge in [-0.05, 0) is 55.7 Å². The molecular formula is C21H24BrN5O. The van der Waals surface area contributed by atoms with Crippen LogP contribution in [0.4, 0.5) is 10.5 Å². The lowest BCUT2D eigenvalue weighted by molar-refractivity contribution is 0.222. The molecule has 146 valence electrons. The van der Waals surface area contributed by atoms with Gasteiger partial charge in [0.2, 0.25) is 0 Å². The number of likely N-dealkylation sites (tertiary alicyclic amines) is 1. The average Bonchev–Trinajstić information content (AvgIpc) is 3.30. The minimum Gasteiger partial charge on any atom is -0.324 e. The van der Waals surface area contributed by atoms with Gasteiger partial charge < -0.3 is 14.8 Å². The Morgan fingerprint density at radius 1 is 1.36 bits per heavy atom. The maximum absolute atomic E-state index is 12.7. The molecule has 0 bridgehead atoms. The van der Waals surface area contributed by atoms with Crippen molar-refractivity contribution < 1.29 is 4.79 Å². The molecule has 1 aromatic carbocycles. The molecule has 3 heterocycles. The number of urea groups is 1. The summed E-state index contributed by atoms with van der Waals surface area (Å²) in [7, 11) is 0. The first kappa shape index (κ1) is 18.9. The van der Waals surface area contributed by atoms with Crippen molar-refractivity contribution in [1.29, 1.82) is 0 Å². The van der Waals surface area contributed by atoms with Gasteiger partial charge in [0.25, 0.3) is 0 Å². The van der Waals surface area contributed by atoms with E-state index >= 15 is 0 Å². The third-order valence-electron chi connectivity index (χ3n) is 5.23. The van der Waals surface area contributed by atoms with Crippen molar-refractivity contribution in [3.8, 4) is 0 Å². The van der Waals surface area contributed by atoms with Crippen molar-refractivity contribution in [3.05, 3.63) is 52.4 Å². The van der Waals surface area contributed by atoms with Gasteiger partial charge in [-0.3, -0.25) is 0 Å². The first-order valence-electron chi connectivity index (χ1n) is 9.70. The molecule has 6 nitrogen and oxygen atoms in total. The molecule has 28 heavy (non-hydrogen) atoms. The zero-order valence-electron chi connectivity index (χ0n) is 16.2. The van der Waals surface area contributed by atoms with Crippen LogP contribution in [0.3, 0.4) is 0 Å². The van der Waals surface area contributed by atoms with E-state index < -0.39 is 0 Å². The largest absolute Gasteiger partial charge is 0.324 e. The summed E-state index contributed by atoms with van der Waals surface area (Å²) in [6.07, 6.45) is 3.75. The molecule has 7 heteroatoms. The molecule has 0 saturated carbocycles. The molecule has 0 unspecified atom stereocenters. The number of rotatable bonds is 4. The maximum atomic E-state index is 12.7. The van der Waals surface area contributed by atoms with E-state index in [1.807, 2.05) is 48.4 Å². The zero-order chi connectivity index (χ0) is 19.7. The van der Waals surface area contributed by atoms with E-state index in [1.54, 1.807) is 0 Å². The molecule has 2 amide bonds. The number of aromatic nitrogens is 3. The predicted molar refractivity (Wildman–Crippen MR) is 115 cm³/mol. The maximum Gasteiger partial charge on any atom is 0.321 e. The molecule has 1 saturated heterocycles. The minimum atomic E-state index is -0.0551. The molecular weight excluding hydrogens is 418 g/mol. The van der Waals surface area contributed by atoms with Crippen molar-refractivity contribution in [3.63, 3.8) is 0 Å². The number of aryl methyl sites for hydroxylation is 2. The van der Waals surface area contributed by atoms with Crippen LogP contribution in [0.1, 0.15) is 37.1 Å². The summed E-state index contributed by atoms with van der Waals surface area (Å²) in [5.74, 6) is 1.28. The fraction of sp³-hybridized carbons (Fsp3) is 0.381. The number of benzene rings is 1. The van der Waals surface area contributed by atoms with Crippen LogP contribution in [0.25, 0.3) is 11.2 Å². The van der Waals surface area contributed by atoms with Gasteiger partial charge >= 0.3 is 6.03 Å². The molecule has 2 aromatic heterocycles. The first-order chi connectivity index (χ1) is 13.6. The Bertz CT molecular complexity index is 1020. The fourth-order valence-corrected chi connectivity index (χ4v) is 4.06. The molecule has 1 aliphatic heterocycles. The Balaban J connectivity index is 1.51. The third-order valence-corrected chi connectivity index (χ3v) is 6.12. The van der Waals surface area contributed by atoms with Crippen molar-refractivity contribution in [2.24, 2.45) is 0 Å². The van der Waals surface area contributed by atoms with E-state index in [1.165, 1.54) is 0 Å². The number of hydrogen-bond acceptors (Lipinski definition) is 3. The molecule has 3 aromatic rings. The van der Waals surface area contributed by atoms with Crippen LogP contribution in [-0.2, 0) is 6.54 Å². The number of halogens is 1. The Labute approximate surface area is 173 Å². The van der Waals surface area contributed by atoms with Crippen molar-refractivity contribution in [2.75, 3.05) is 18.4 Å².